The Morgan fingerprint density at radius 3 is 2.83 bits per heavy atom. The Bertz CT molecular complexity index is 259. The molecule has 1 aliphatic heterocycles. The van der Waals surface area contributed by atoms with Gasteiger partial charge < -0.3 is 5.32 Å². The van der Waals surface area contributed by atoms with Crippen LogP contribution in [0.4, 0.5) is 14.5 Å². The van der Waals surface area contributed by atoms with Gasteiger partial charge >= 0.3 is 0 Å². The molecule has 1 nitrogen and oxygen atoms in total. The highest BCUT2D eigenvalue weighted by Gasteiger charge is 2.26. The second-order valence-corrected chi connectivity index (χ2v) is 2.92. The van der Waals surface area contributed by atoms with Crippen LogP contribution in [0.2, 0.25) is 0 Å². The zero-order valence-corrected chi connectivity index (χ0v) is 6.43. The smallest absolute Gasteiger partial charge is 0.201 e. The van der Waals surface area contributed by atoms with E-state index >= 15 is 0 Å². The van der Waals surface area contributed by atoms with Gasteiger partial charge in [0.15, 0.2) is 6.17 Å². The minimum absolute atomic E-state index is 0.171. The lowest BCUT2D eigenvalue weighted by atomic mass is 10.0. The third kappa shape index (κ3) is 1.15. The molecule has 0 saturated heterocycles. The lowest BCUT2D eigenvalue weighted by molar-refractivity contribution is 0.182. The quantitative estimate of drug-likeness (QED) is 0.587. The fourth-order valence-electron chi connectivity index (χ4n) is 1.39. The lowest BCUT2D eigenvalue weighted by Gasteiger charge is -2.24. The lowest BCUT2D eigenvalue weighted by Crippen LogP contribution is -2.32. The van der Waals surface area contributed by atoms with Gasteiger partial charge in [0.25, 0.3) is 0 Å². The van der Waals surface area contributed by atoms with E-state index in [0.717, 1.165) is 5.56 Å². The molecule has 0 radical (unpaired) electrons. The molecule has 1 N–H and O–H groups in total. The van der Waals surface area contributed by atoms with Crippen molar-refractivity contribution in [1.29, 1.82) is 0 Å². The van der Waals surface area contributed by atoms with Gasteiger partial charge in [0.1, 0.15) is 0 Å². The van der Waals surface area contributed by atoms with E-state index in [2.05, 4.69) is 5.32 Å². The van der Waals surface area contributed by atoms with Crippen LogP contribution in [0.3, 0.4) is 0 Å². The molecule has 2 unspecified atom stereocenters. The summed E-state index contributed by atoms with van der Waals surface area (Å²) >= 11 is 0. The number of hydrogen-bond acceptors (Lipinski definition) is 1. The molecule has 2 atom stereocenters. The third-order valence-electron chi connectivity index (χ3n) is 2.04. The topological polar surface area (TPSA) is 12.0 Å². The molecule has 0 aromatic heterocycles. The summed E-state index contributed by atoms with van der Waals surface area (Å²) in [6.45, 7) is 0. The Kier molecular flexibility index (Phi) is 1.71. The van der Waals surface area contributed by atoms with Crippen LogP contribution in [0.15, 0.2) is 24.3 Å². The Labute approximate surface area is 69.4 Å². The Morgan fingerprint density at radius 1 is 1.25 bits per heavy atom. The largest absolute Gasteiger partial charge is 0.353 e. The number of halogens is 2. The standard InChI is InChI=1S/C9H9F2N/c10-7-5-6-3-1-2-4-8(6)12-9(7)11/h1-4,7,9,12H,5H2. The van der Waals surface area contributed by atoms with Crippen molar-refractivity contribution in [1.82, 2.24) is 0 Å². The number of fused-ring (bicyclic) bond motifs is 1. The Morgan fingerprint density at radius 2 is 2.00 bits per heavy atom. The molecule has 1 aliphatic rings. The maximum atomic E-state index is 12.8. The van der Waals surface area contributed by atoms with Gasteiger partial charge in [-0.25, -0.2) is 8.78 Å². The highest BCUT2D eigenvalue weighted by atomic mass is 19.2. The van der Waals surface area contributed by atoms with Gasteiger partial charge in [-0.2, -0.15) is 0 Å². The van der Waals surface area contributed by atoms with Crippen molar-refractivity contribution in [2.24, 2.45) is 0 Å². The Balaban J connectivity index is 2.34. The summed E-state index contributed by atoms with van der Waals surface area (Å²) in [4.78, 5) is 0. The average Bonchev–Trinajstić information content (AvgIpc) is 2.07. The van der Waals surface area contributed by atoms with Gasteiger partial charge in [-0.3, -0.25) is 0 Å². The van der Waals surface area contributed by atoms with Gasteiger partial charge in [0, 0.05) is 12.1 Å². The summed E-state index contributed by atoms with van der Waals surface area (Å²) in [7, 11) is 0. The summed E-state index contributed by atoms with van der Waals surface area (Å²) in [5.74, 6) is 0. The van der Waals surface area contributed by atoms with Crippen molar-refractivity contribution in [2.45, 2.75) is 18.9 Å². The van der Waals surface area contributed by atoms with Crippen molar-refractivity contribution in [3.05, 3.63) is 29.8 Å². The van der Waals surface area contributed by atoms with Crippen LogP contribution < -0.4 is 5.32 Å². The minimum atomic E-state index is -1.56. The van der Waals surface area contributed by atoms with E-state index < -0.39 is 12.5 Å². The summed E-state index contributed by atoms with van der Waals surface area (Å²) in [6.07, 6.45) is -2.80. The van der Waals surface area contributed by atoms with Crippen molar-refractivity contribution in [3.8, 4) is 0 Å². The van der Waals surface area contributed by atoms with Crippen LogP contribution in [-0.2, 0) is 6.42 Å². The van der Waals surface area contributed by atoms with Crippen LogP contribution in [0.1, 0.15) is 5.56 Å². The number of hydrogen-bond donors (Lipinski definition) is 1. The van der Waals surface area contributed by atoms with Crippen molar-refractivity contribution >= 4 is 5.69 Å². The molecular weight excluding hydrogens is 160 g/mol. The first kappa shape index (κ1) is 7.53. The molecule has 12 heavy (non-hydrogen) atoms. The van der Waals surface area contributed by atoms with Gasteiger partial charge in [-0.15, -0.1) is 0 Å². The van der Waals surface area contributed by atoms with Crippen LogP contribution >= 0.6 is 0 Å². The first-order valence-corrected chi connectivity index (χ1v) is 3.90. The SMILES string of the molecule is FC1Cc2ccccc2NC1F. The molecule has 3 heteroatoms. The molecule has 0 saturated carbocycles. The zero-order chi connectivity index (χ0) is 8.55. The first-order chi connectivity index (χ1) is 5.77. The first-order valence-electron chi connectivity index (χ1n) is 3.90. The summed E-state index contributed by atoms with van der Waals surface area (Å²) in [5.41, 5.74) is 1.55. The van der Waals surface area contributed by atoms with Crippen LogP contribution in [0.5, 0.6) is 0 Å². The second-order valence-electron chi connectivity index (χ2n) is 2.92. The van der Waals surface area contributed by atoms with Crippen LogP contribution in [-0.4, -0.2) is 12.5 Å². The van der Waals surface area contributed by atoms with Gasteiger partial charge in [0.2, 0.25) is 6.30 Å². The highest BCUT2D eigenvalue weighted by molar-refractivity contribution is 5.53. The van der Waals surface area contributed by atoms with Gasteiger partial charge in [0.05, 0.1) is 0 Å². The number of para-hydroxylation sites is 1. The van der Waals surface area contributed by atoms with E-state index in [9.17, 15) is 8.78 Å². The predicted molar refractivity (Wildman–Crippen MR) is 43.6 cm³/mol. The van der Waals surface area contributed by atoms with Crippen molar-refractivity contribution in [2.75, 3.05) is 5.32 Å². The molecule has 64 valence electrons. The molecule has 1 heterocycles. The number of nitrogens with one attached hydrogen (secondary N) is 1. The average molecular weight is 169 g/mol. The molecule has 0 spiro atoms. The molecule has 0 amide bonds. The molecular formula is C9H9F2N. The monoisotopic (exact) mass is 169 g/mol. The minimum Gasteiger partial charge on any atom is -0.353 e. The van der Waals surface area contributed by atoms with Gasteiger partial charge in [-0.05, 0) is 11.6 Å². The van der Waals surface area contributed by atoms with Crippen molar-refractivity contribution in [3.63, 3.8) is 0 Å². The van der Waals surface area contributed by atoms with E-state index in [1.165, 1.54) is 0 Å². The zero-order valence-electron chi connectivity index (χ0n) is 6.43. The van der Waals surface area contributed by atoms with Crippen LogP contribution in [0.25, 0.3) is 0 Å². The van der Waals surface area contributed by atoms with E-state index in [4.69, 9.17) is 0 Å². The molecule has 2 rings (SSSR count). The molecule has 1 aromatic rings. The maximum absolute atomic E-state index is 12.8. The molecule has 0 bridgehead atoms. The van der Waals surface area contributed by atoms with E-state index in [1.807, 2.05) is 6.07 Å². The molecule has 0 fully saturated rings. The van der Waals surface area contributed by atoms with Crippen molar-refractivity contribution < 1.29 is 8.78 Å². The molecule has 0 aliphatic carbocycles. The van der Waals surface area contributed by atoms with Gasteiger partial charge in [-0.1, -0.05) is 18.2 Å². The molecule has 1 aromatic carbocycles. The summed E-state index contributed by atoms with van der Waals surface area (Å²) in [5, 5.41) is 2.47. The number of alkyl halides is 2. The number of benzene rings is 1. The van der Waals surface area contributed by atoms with Crippen LogP contribution in [0, 0.1) is 0 Å². The van der Waals surface area contributed by atoms with E-state index in [-0.39, 0.29) is 6.42 Å². The third-order valence-corrected chi connectivity index (χ3v) is 2.04. The summed E-state index contributed by atoms with van der Waals surface area (Å²) in [6, 6.07) is 7.19. The Hall–Kier alpha value is -1.12. The summed E-state index contributed by atoms with van der Waals surface area (Å²) < 4.78 is 25.6. The fraction of sp³-hybridized carbons (Fsp3) is 0.333. The highest BCUT2D eigenvalue weighted by Crippen LogP contribution is 2.26. The number of anilines is 1. The van der Waals surface area contributed by atoms with E-state index in [1.54, 1.807) is 18.2 Å². The fourth-order valence-corrected chi connectivity index (χ4v) is 1.39. The normalized spacial score (nSPS) is 27.5. The number of rotatable bonds is 0. The maximum Gasteiger partial charge on any atom is 0.201 e. The second kappa shape index (κ2) is 2.73. The van der Waals surface area contributed by atoms with E-state index in [0.29, 0.717) is 5.69 Å². The predicted octanol–water partition coefficient (Wildman–Crippen LogP) is 2.29.